The number of imidazole rings is 1. The minimum Gasteiger partial charge on any atom is -0.310 e. The lowest BCUT2D eigenvalue weighted by Crippen LogP contribution is -2.19. The molecule has 2 rings (SSSR count). The van der Waals surface area contributed by atoms with Gasteiger partial charge in [0.1, 0.15) is 11.3 Å². The number of hydrogen-bond acceptors (Lipinski definition) is 3. The van der Waals surface area contributed by atoms with Gasteiger partial charge in [0, 0.05) is 19.3 Å². The molecule has 0 fully saturated rings. The van der Waals surface area contributed by atoms with Crippen molar-refractivity contribution < 1.29 is 0 Å². The summed E-state index contributed by atoms with van der Waals surface area (Å²) in [7, 11) is 4.11. The van der Waals surface area contributed by atoms with Crippen LogP contribution in [0.2, 0.25) is 0 Å². The van der Waals surface area contributed by atoms with Crippen LogP contribution in [0.1, 0.15) is 11.4 Å². The van der Waals surface area contributed by atoms with Crippen molar-refractivity contribution in [2.45, 2.75) is 19.3 Å². The van der Waals surface area contributed by atoms with Gasteiger partial charge in [-0.15, -0.1) is 11.6 Å². The first kappa shape index (κ1) is 12.3. The van der Waals surface area contributed by atoms with Crippen molar-refractivity contribution in [1.82, 2.24) is 19.4 Å². The molecule has 0 aromatic carbocycles. The first-order chi connectivity index (χ1) is 8.13. The van der Waals surface area contributed by atoms with E-state index in [0.717, 1.165) is 35.6 Å². The summed E-state index contributed by atoms with van der Waals surface area (Å²) in [5.41, 5.74) is 3.04. The number of alkyl halides is 1. The van der Waals surface area contributed by atoms with Crippen molar-refractivity contribution in [3.8, 4) is 0 Å². The summed E-state index contributed by atoms with van der Waals surface area (Å²) < 4.78 is 2.11. The van der Waals surface area contributed by atoms with Crippen molar-refractivity contribution >= 4 is 22.8 Å². The molecule has 0 amide bonds. The van der Waals surface area contributed by atoms with Crippen molar-refractivity contribution in [3.63, 3.8) is 0 Å². The van der Waals surface area contributed by atoms with Crippen LogP contribution in [0.25, 0.3) is 11.2 Å². The Morgan fingerprint density at radius 1 is 1.41 bits per heavy atom. The second-order valence-electron chi connectivity index (χ2n) is 4.42. The summed E-state index contributed by atoms with van der Waals surface area (Å²) in [6.07, 6.45) is 1.82. The van der Waals surface area contributed by atoms with Gasteiger partial charge < -0.3 is 9.47 Å². The molecule has 0 saturated carbocycles. The van der Waals surface area contributed by atoms with Gasteiger partial charge >= 0.3 is 0 Å². The largest absolute Gasteiger partial charge is 0.310 e. The highest BCUT2D eigenvalue weighted by molar-refractivity contribution is 6.16. The molecule has 5 heteroatoms. The van der Waals surface area contributed by atoms with Gasteiger partial charge in [-0.1, -0.05) is 0 Å². The van der Waals surface area contributed by atoms with Crippen LogP contribution in [0.3, 0.4) is 0 Å². The Balaban J connectivity index is 2.47. The Bertz CT molecular complexity index is 518. The number of aromatic nitrogens is 3. The van der Waals surface area contributed by atoms with E-state index in [9.17, 15) is 0 Å². The lowest BCUT2D eigenvalue weighted by Gasteiger charge is -2.11. The molecule has 0 atom stereocenters. The molecule has 2 aromatic heterocycles. The van der Waals surface area contributed by atoms with Crippen LogP contribution in [0.5, 0.6) is 0 Å². The molecule has 0 bridgehead atoms. The number of hydrogen-bond donors (Lipinski definition) is 0. The zero-order valence-electron chi connectivity index (χ0n) is 10.4. The fourth-order valence-corrected chi connectivity index (χ4v) is 2.02. The standard InChI is InChI=1S/C12H17ClN4/c1-9-4-5-14-12-11(9)15-10(8-13)17(12)7-6-16(2)3/h4-5H,6-8H2,1-3H3. The minimum atomic E-state index is 0.420. The third-order valence-corrected chi connectivity index (χ3v) is 3.04. The Morgan fingerprint density at radius 2 is 2.18 bits per heavy atom. The highest BCUT2D eigenvalue weighted by Gasteiger charge is 2.12. The Morgan fingerprint density at radius 3 is 2.82 bits per heavy atom. The second kappa shape index (κ2) is 5.02. The molecular formula is C12H17ClN4. The number of halogens is 1. The van der Waals surface area contributed by atoms with E-state index in [0.29, 0.717) is 5.88 Å². The summed E-state index contributed by atoms with van der Waals surface area (Å²) in [5, 5.41) is 0. The Labute approximate surface area is 106 Å². The summed E-state index contributed by atoms with van der Waals surface area (Å²) >= 11 is 5.95. The maximum absolute atomic E-state index is 5.95. The van der Waals surface area contributed by atoms with Crippen LogP contribution >= 0.6 is 11.6 Å². The van der Waals surface area contributed by atoms with Crippen LogP contribution in [0.15, 0.2) is 12.3 Å². The first-order valence-corrected chi connectivity index (χ1v) is 6.18. The number of nitrogens with zero attached hydrogens (tertiary/aromatic N) is 4. The van der Waals surface area contributed by atoms with E-state index < -0.39 is 0 Å². The molecule has 0 N–H and O–H groups in total. The average Bonchev–Trinajstić information content (AvgIpc) is 2.66. The van der Waals surface area contributed by atoms with Gasteiger partial charge in [-0.2, -0.15) is 0 Å². The SMILES string of the molecule is Cc1ccnc2c1nc(CCl)n2CCN(C)C. The fourth-order valence-electron chi connectivity index (χ4n) is 1.82. The van der Waals surface area contributed by atoms with E-state index in [1.165, 1.54) is 0 Å². The lowest BCUT2D eigenvalue weighted by atomic mass is 10.3. The molecule has 17 heavy (non-hydrogen) atoms. The minimum absolute atomic E-state index is 0.420. The normalized spacial score (nSPS) is 11.6. The number of pyridine rings is 1. The summed E-state index contributed by atoms with van der Waals surface area (Å²) in [6.45, 7) is 3.86. The molecule has 0 aliphatic rings. The fraction of sp³-hybridized carbons (Fsp3) is 0.500. The third-order valence-electron chi connectivity index (χ3n) is 2.81. The van der Waals surface area contributed by atoms with E-state index >= 15 is 0 Å². The van der Waals surface area contributed by atoms with Crippen molar-refractivity contribution in [2.75, 3.05) is 20.6 Å². The molecule has 0 aliphatic carbocycles. The number of fused-ring (bicyclic) bond motifs is 1. The van der Waals surface area contributed by atoms with Gasteiger partial charge in [-0.05, 0) is 32.6 Å². The monoisotopic (exact) mass is 252 g/mol. The van der Waals surface area contributed by atoms with Crippen LogP contribution < -0.4 is 0 Å². The van der Waals surface area contributed by atoms with Gasteiger partial charge in [0.15, 0.2) is 5.65 Å². The van der Waals surface area contributed by atoms with E-state index in [1.54, 1.807) is 0 Å². The number of likely N-dealkylation sites (N-methyl/N-ethyl adjacent to an activating group) is 1. The van der Waals surface area contributed by atoms with E-state index in [2.05, 4.69) is 33.5 Å². The molecule has 92 valence electrons. The number of aryl methyl sites for hydroxylation is 1. The molecule has 0 aliphatic heterocycles. The maximum atomic E-state index is 5.95. The van der Waals surface area contributed by atoms with Crippen LogP contribution in [0, 0.1) is 6.92 Å². The molecule has 0 saturated heterocycles. The van der Waals surface area contributed by atoms with Gasteiger partial charge in [0.05, 0.1) is 5.88 Å². The molecule has 4 nitrogen and oxygen atoms in total. The van der Waals surface area contributed by atoms with Crippen LogP contribution in [0.4, 0.5) is 0 Å². The second-order valence-corrected chi connectivity index (χ2v) is 4.68. The van der Waals surface area contributed by atoms with E-state index in [4.69, 9.17) is 11.6 Å². The first-order valence-electron chi connectivity index (χ1n) is 5.65. The maximum Gasteiger partial charge on any atom is 0.160 e. The van der Waals surface area contributed by atoms with Crippen LogP contribution in [-0.4, -0.2) is 40.1 Å². The van der Waals surface area contributed by atoms with Gasteiger partial charge in [-0.3, -0.25) is 0 Å². The predicted octanol–water partition coefficient (Wildman–Crippen LogP) is 2.04. The molecule has 0 spiro atoms. The molecule has 0 radical (unpaired) electrons. The van der Waals surface area contributed by atoms with E-state index in [-0.39, 0.29) is 0 Å². The number of rotatable bonds is 4. The zero-order valence-corrected chi connectivity index (χ0v) is 11.2. The highest BCUT2D eigenvalue weighted by Crippen LogP contribution is 2.18. The van der Waals surface area contributed by atoms with Crippen molar-refractivity contribution in [3.05, 3.63) is 23.7 Å². The topological polar surface area (TPSA) is 34.0 Å². The molecular weight excluding hydrogens is 236 g/mol. The average molecular weight is 253 g/mol. The predicted molar refractivity (Wildman–Crippen MR) is 70.4 cm³/mol. The van der Waals surface area contributed by atoms with E-state index in [1.807, 2.05) is 19.2 Å². The van der Waals surface area contributed by atoms with Gasteiger partial charge in [0.25, 0.3) is 0 Å². The summed E-state index contributed by atoms with van der Waals surface area (Å²) in [6, 6.07) is 1.98. The Kier molecular flexibility index (Phi) is 3.64. The highest BCUT2D eigenvalue weighted by atomic mass is 35.5. The molecule has 2 aromatic rings. The quantitative estimate of drug-likeness (QED) is 0.781. The van der Waals surface area contributed by atoms with Crippen molar-refractivity contribution in [1.29, 1.82) is 0 Å². The van der Waals surface area contributed by atoms with Gasteiger partial charge in [-0.25, -0.2) is 9.97 Å². The zero-order chi connectivity index (χ0) is 12.4. The lowest BCUT2D eigenvalue weighted by molar-refractivity contribution is 0.384. The summed E-state index contributed by atoms with van der Waals surface area (Å²) in [4.78, 5) is 11.1. The van der Waals surface area contributed by atoms with Crippen LogP contribution in [-0.2, 0) is 12.4 Å². The molecule has 2 heterocycles. The summed E-state index contributed by atoms with van der Waals surface area (Å²) in [5.74, 6) is 1.31. The Hall–Kier alpha value is -1.13. The third kappa shape index (κ3) is 2.42. The van der Waals surface area contributed by atoms with Gasteiger partial charge in [0.2, 0.25) is 0 Å². The smallest absolute Gasteiger partial charge is 0.160 e. The molecule has 0 unspecified atom stereocenters. The van der Waals surface area contributed by atoms with Crippen molar-refractivity contribution in [2.24, 2.45) is 0 Å².